The van der Waals surface area contributed by atoms with Crippen LogP contribution in [0.1, 0.15) is 29.2 Å². The molecule has 0 aliphatic carbocycles. The first-order valence-electron chi connectivity index (χ1n) is 11.7. The lowest BCUT2D eigenvalue weighted by Crippen LogP contribution is -2.38. The molecule has 3 aromatic rings. The van der Waals surface area contributed by atoms with Crippen LogP contribution in [0.4, 0.5) is 0 Å². The normalized spacial score (nSPS) is 14.4. The van der Waals surface area contributed by atoms with Gasteiger partial charge in [-0.1, -0.05) is 48.5 Å². The van der Waals surface area contributed by atoms with Crippen molar-refractivity contribution in [2.75, 3.05) is 32.8 Å². The van der Waals surface area contributed by atoms with Gasteiger partial charge >= 0.3 is 0 Å². The molecule has 0 saturated carbocycles. The Labute approximate surface area is 219 Å². The van der Waals surface area contributed by atoms with E-state index in [0.717, 1.165) is 58.4 Å². The number of rotatable bonds is 9. The third-order valence-electron chi connectivity index (χ3n) is 5.74. The molecule has 34 heavy (non-hydrogen) atoms. The summed E-state index contributed by atoms with van der Waals surface area (Å²) in [7, 11) is 0. The second-order valence-corrected chi connectivity index (χ2v) is 8.26. The summed E-state index contributed by atoms with van der Waals surface area (Å²) in [5.41, 5.74) is 5.10. The van der Waals surface area contributed by atoms with Crippen molar-refractivity contribution in [2.24, 2.45) is 4.99 Å². The molecule has 1 aromatic heterocycles. The minimum atomic E-state index is 0. The summed E-state index contributed by atoms with van der Waals surface area (Å²) in [6, 6.07) is 17.2. The van der Waals surface area contributed by atoms with Gasteiger partial charge in [-0.15, -0.1) is 24.0 Å². The zero-order valence-corrected chi connectivity index (χ0v) is 22.2. The number of aromatic nitrogens is 2. The molecule has 4 rings (SSSR count). The Hall–Kier alpha value is -2.43. The van der Waals surface area contributed by atoms with E-state index in [4.69, 9.17) is 9.73 Å². The average molecular weight is 575 g/mol. The number of hydrogen-bond acceptors (Lipinski definition) is 4. The second-order valence-electron chi connectivity index (χ2n) is 8.26. The molecule has 0 bridgehead atoms. The molecule has 1 aliphatic heterocycles. The van der Waals surface area contributed by atoms with E-state index in [1.54, 1.807) is 0 Å². The molecule has 8 heteroatoms. The summed E-state index contributed by atoms with van der Waals surface area (Å²) in [4.78, 5) is 11.4. The minimum absolute atomic E-state index is 0. The van der Waals surface area contributed by atoms with Crippen molar-refractivity contribution >= 4 is 29.9 Å². The summed E-state index contributed by atoms with van der Waals surface area (Å²) < 4.78 is 7.56. The largest absolute Gasteiger partial charge is 0.379 e. The number of guanidine groups is 1. The monoisotopic (exact) mass is 574 g/mol. The number of benzene rings is 2. The van der Waals surface area contributed by atoms with Gasteiger partial charge < -0.3 is 19.9 Å². The van der Waals surface area contributed by atoms with Crippen molar-refractivity contribution in [2.45, 2.75) is 33.1 Å². The van der Waals surface area contributed by atoms with Crippen molar-refractivity contribution in [3.63, 3.8) is 0 Å². The van der Waals surface area contributed by atoms with Gasteiger partial charge in [-0.05, 0) is 29.2 Å². The molecule has 0 atom stereocenters. The molecule has 0 amide bonds. The molecule has 182 valence electrons. The van der Waals surface area contributed by atoms with Crippen molar-refractivity contribution in [3.05, 3.63) is 89.5 Å². The van der Waals surface area contributed by atoms with Gasteiger partial charge in [-0.2, -0.15) is 0 Å². The van der Waals surface area contributed by atoms with Crippen LogP contribution in [0, 0.1) is 0 Å². The maximum atomic E-state index is 5.49. The lowest BCUT2D eigenvalue weighted by molar-refractivity contribution is 0.0341. The molecule has 1 fully saturated rings. The van der Waals surface area contributed by atoms with Crippen molar-refractivity contribution in [1.29, 1.82) is 0 Å². The third kappa shape index (κ3) is 8.11. The maximum absolute atomic E-state index is 5.49. The lowest BCUT2D eigenvalue weighted by Gasteiger charge is -2.27. The smallest absolute Gasteiger partial charge is 0.191 e. The van der Waals surface area contributed by atoms with Gasteiger partial charge in [0, 0.05) is 51.7 Å². The zero-order chi connectivity index (χ0) is 22.7. The van der Waals surface area contributed by atoms with E-state index >= 15 is 0 Å². The summed E-state index contributed by atoms with van der Waals surface area (Å²) >= 11 is 0. The highest BCUT2D eigenvalue weighted by atomic mass is 127. The standard InChI is InChI=1S/C26H34N6O.HI/c1-2-28-26(29-17-22-6-5-7-23(16-22)19-32-11-10-27-21-32)30-18-24-8-3-4-9-25(24)20-31-12-14-33-15-13-31;/h3-11,16,21H,2,12-15,17-20H2,1H3,(H2,28,29,30);1H. The molecule has 7 nitrogen and oxygen atoms in total. The summed E-state index contributed by atoms with van der Waals surface area (Å²) in [6.45, 7) is 9.68. The van der Waals surface area contributed by atoms with Crippen LogP contribution >= 0.6 is 24.0 Å². The Bertz CT molecular complexity index is 1020. The lowest BCUT2D eigenvalue weighted by atomic mass is 10.1. The van der Waals surface area contributed by atoms with Gasteiger partial charge in [0.15, 0.2) is 5.96 Å². The quantitative estimate of drug-likeness (QED) is 0.232. The first-order chi connectivity index (χ1) is 16.3. The maximum Gasteiger partial charge on any atom is 0.191 e. The van der Waals surface area contributed by atoms with E-state index in [1.165, 1.54) is 22.3 Å². The van der Waals surface area contributed by atoms with E-state index in [9.17, 15) is 0 Å². The second kappa shape index (κ2) is 14.1. The van der Waals surface area contributed by atoms with E-state index < -0.39 is 0 Å². The van der Waals surface area contributed by atoms with Crippen LogP contribution in [-0.2, 0) is 30.9 Å². The van der Waals surface area contributed by atoms with Crippen LogP contribution in [0.3, 0.4) is 0 Å². The average Bonchev–Trinajstić information content (AvgIpc) is 3.36. The van der Waals surface area contributed by atoms with E-state index in [1.807, 2.05) is 18.7 Å². The Balaban J connectivity index is 0.00000324. The van der Waals surface area contributed by atoms with Gasteiger partial charge in [0.25, 0.3) is 0 Å². The van der Waals surface area contributed by atoms with Crippen LogP contribution in [0.5, 0.6) is 0 Å². The Morgan fingerprint density at radius 2 is 1.79 bits per heavy atom. The van der Waals surface area contributed by atoms with Gasteiger partial charge in [0.05, 0.1) is 26.1 Å². The number of halogens is 1. The van der Waals surface area contributed by atoms with E-state index in [-0.39, 0.29) is 24.0 Å². The SMILES string of the molecule is CCNC(=NCc1cccc(Cn2ccnc2)c1)NCc1ccccc1CN1CCOCC1.I. The summed E-state index contributed by atoms with van der Waals surface area (Å²) in [5, 5.41) is 6.89. The van der Waals surface area contributed by atoms with Crippen molar-refractivity contribution < 1.29 is 4.74 Å². The molecule has 0 spiro atoms. The molecule has 0 unspecified atom stereocenters. The van der Waals surface area contributed by atoms with Crippen LogP contribution in [-0.4, -0.2) is 53.3 Å². The number of ether oxygens (including phenoxy) is 1. The Morgan fingerprint density at radius 1 is 1.00 bits per heavy atom. The molecular weight excluding hydrogens is 539 g/mol. The Kier molecular flexibility index (Phi) is 10.8. The fourth-order valence-electron chi connectivity index (χ4n) is 3.99. The molecule has 2 aromatic carbocycles. The minimum Gasteiger partial charge on any atom is -0.379 e. The number of morpholine rings is 1. The predicted octanol–water partition coefficient (Wildman–Crippen LogP) is 3.64. The molecule has 1 aliphatic rings. The third-order valence-corrected chi connectivity index (χ3v) is 5.74. The van der Waals surface area contributed by atoms with Gasteiger partial charge in [-0.3, -0.25) is 4.90 Å². The van der Waals surface area contributed by atoms with Gasteiger partial charge in [-0.25, -0.2) is 9.98 Å². The topological polar surface area (TPSA) is 66.7 Å². The number of hydrogen-bond donors (Lipinski definition) is 2. The predicted molar refractivity (Wildman–Crippen MR) is 147 cm³/mol. The first-order valence-corrected chi connectivity index (χ1v) is 11.7. The molecule has 2 N–H and O–H groups in total. The molecule has 2 heterocycles. The fourth-order valence-corrected chi connectivity index (χ4v) is 3.99. The summed E-state index contributed by atoms with van der Waals surface area (Å²) in [5.74, 6) is 0.832. The molecule has 0 radical (unpaired) electrons. The zero-order valence-electron chi connectivity index (χ0n) is 19.8. The van der Waals surface area contributed by atoms with Crippen molar-refractivity contribution in [3.8, 4) is 0 Å². The van der Waals surface area contributed by atoms with Gasteiger partial charge in [0.2, 0.25) is 0 Å². The number of imidazole rings is 1. The molecule has 1 saturated heterocycles. The summed E-state index contributed by atoms with van der Waals surface area (Å²) in [6.07, 6.45) is 5.63. The van der Waals surface area contributed by atoms with Crippen LogP contribution in [0.2, 0.25) is 0 Å². The molecular formula is C26H35IN6O. The van der Waals surface area contributed by atoms with Crippen LogP contribution in [0.15, 0.2) is 72.2 Å². The van der Waals surface area contributed by atoms with E-state index in [2.05, 4.69) is 80.5 Å². The van der Waals surface area contributed by atoms with E-state index in [0.29, 0.717) is 6.54 Å². The van der Waals surface area contributed by atoms with Gasteiger partial charge in [0.1, 0.15) is 0 Å². The van der Waals surface area contributed by atoms with Crippen LogP contribution in [0.25, 0.3) is 0 Å². The first kappa shape index (κ1) is 26.2. The number of nitrogens with zero attached hydrogens (tertiary/aromatic N) is 4. The van der Waals surface area contributed by atoms with Crippen molar-refractivity contribution in [1.82, 2.24) is 25.1 Å². The number of nitrogens with one attached hydrogen (secondary N) is 2. The highest BCUT2D eigenvalue weighted by Crippen LogP contribution is 2.13. The highest BCUT2D eigenvalue weighted by Gasteiger charge is 2.12. The highest BCUT2D eigenvalue weighted by molar-refractivity contribution is 14.0. The fraction of sp³-hybridized carbons (Fsp3) is 0.385. The van der Waals surface area contributed by atoms with Crippen LogP contribution < -0.4 is 10.6 Å². The number of aliphatic imine (C=N–C) groups is 1. The Morgan fingerprint density at radius 3 is 2.56 bits per heavy atom.